The van der Waals surface area contributed by atoms with E-state index in [0.717, 1.165) is 61.9 Å². The summed E-state index contributed by atoms with van der Waals surface area (Å²) >= 11 is 0. The lowest BCUT2D eigenvalue weighted by atomic mass is 9.81. The van der Waals surface area contributed by atoms with Gasteiger partial charge in [0.25, 0.3) is 5.69 Å². The molecule has 1 unspecified atom stereocenters. The quantitative estimate of drug-likeness (QED) is 0.326. The second-order valence-electron chi connectivity index (χ2n) is 11.3. The number of benzene rings is 3. The van der Waals surface area contributed by atoms with E-state index in [1.807, 2.05) is 43.4 Å². The van der Waals surface area contributed by atoms with E-state index >= 15 is 0 Å². The number of para-hydroxylation sites is 2. The van der Waals surface area contributed by atoms with Crippen molar-refractivity contribution in [2.45, 2.75) is 19.4 Å². The van der Waals surface area contributed by atoms with Crippen molar-refractivity contribution in [3.63, 3.8) is 0 Å². The van der Waals surface area contributed by atoms with Crippen LogP contribution < -0.4 is 24.7 Å². The molecule has 0 aromatic heterocycles. The van der Waals surface area contributed by atoms with Gasteiger partial charge in [0.15, 0.2) is 11.5 Å². The van der Waals surface area contributed by atoms with Crippen molar-refractivity contribution in [1.29, 1.82) is 0 Å². The Morgan fingerprint density at radius 3 is 2.47 bits per heavy atom. The smallest absolute Gasteiger partial charge is 0.258 e. The standard InChI is InChI=1S/C35H34N4O4/c1-22-9-7-14-28-32(22)37-33-29(43-28)21-25(30-31(33)35(41)24-11-4-3-10-23(24)34(30)40)36-15-8-16-38-17-19-39(20-18-38)26-12-5-6-13-27(26)42-2/h3-7,9-14,21,28,36H,8,15-20H2,1-2H3/p+1. The average molecular weight is 576 g/mol. The van der Waals surface area contributed by atoms with Crippen molar-refractivity contribution in [2.75, 3.05) is 56.6 Å². The van der Waals surface area contributed by atoms with Crippen LogP contribution in [0.1, 0.15) is 45.2 Å². The number of hydrogen-bond donors (Lipinski definition) is 2. The van der Waals surface area contributed by atoms with Gasteiger partial charge in [0.1, 0.15) is 11.3 Å². The second-order valence-corrected chi connectivity index (χ2v) is 11.3. The molecule has 2 heterocycles. The van der Waals surface area contributed by atoms with Crippen molar-refractivity contribution < 1.29 is 24.1 Å². The lowest BCUT2D eigenvalue weighted by molar-refractivity contribution is -0.363. The minimum atomic E-state index is -0.264. The number of rotatable bonds is 7. The first-order valence-corrected chi connectivity index (χ1v) is 14.9. The van der Waals surface area contributed by atoms with Crippen molar-refractivity contribution in [2.24, 2.45) is 0 Å². The number of ether oxygens (including phenoxy) is 2. The third-order valence-electron chi connectivity index (χ3n) is 8.78. The molecule has 2 aliphatic carbocycles. The molecule has 2 aliphatic heterocycles. The summed E-state index contributed by atoms with van der Waals surface area (Å²) in [7, 11) is 1.72. The van der Waals surface area contributed by atoms with E-state index in [1.54, 1.807) is 31.4 Å². The molecule has 1 atom stereocenters. The van der Waals surface area contributed by atoms with E-state index in [1.165, 1.54) is 0 Å². The van der Waals surface area contributed by atoms with E-state index < -0.39 is 0 Å². The summed E-state index contributed by atoms with van der Waals surface area (Å²) in [6.07, 6.45) is 6.61. The molecule has 7 rings (SSSR count). The Morgan fingerprint density at radius 1 is 0.977 bits per heavy atom. The lowest BCUT2D eigenvalue weighted by Gasteiger charge is -2.36. The van der Waals surface area contributed by atoms with Crippen LogP contribution in [0.5, 0.6) is 11.5 Å². The van der Waals surface area contributed by atoms with Crippen LogP contribution >= 0.6 is 0 Å². The first-order valence-electron chi connectivity index (χ1n) is 14.9. The third kappa shape index (κ3) is 4.81. The number of piperazine rings is 1. The second kappa shape index (κ2) is 11.2. The van der Waals surface area contributed by atoms with Crippen molar-refractivity contribution in [3.8, 4) is 11.5 Å². The Bertz CT molecular complexity index is 1710. The zero-order valence-corrected chi connectivity index (χ0v) is 24.5. The highest BCUT2D eigenvalue weighted by Gasteiger charge is 2.41. The van der Waals surface area contributed by atoms with Crippen LogP contribution in [0.25, 0.3) is 0 Å². The Labute approximate surface area is 251 Å². The average Bonchev–Trinajstić information content (AvgIpc) is 3.05. The van der Waals surface area contributed by atoms with Crippen LogP contribution in [0.4, 0.5) is 17.1 Å². The van der Waals surface area contributed by atoms with Crippen molar-refractivity contribution in [1.82, 2.24) is 4.90 Å². The third-order valence-corrected chi connectivity index (χ3v) is 8.78. The van der Waals surface area contributed by atoms with Gasteiger partial charge in [0, 0.05) is 55.5 Å². The maximum absolute atomic E-state index is 13.9. The van der Waals surface area contributed by atoms with E-state index in [9.17, 15) is 9.59 Å². The Kier molecular flexibility index (Phi) is 7.07. The SMILES string of the molecule is COc1ccccc1N1CCN(CCCNc2cc3c(c4c2C(=O)c2ccccc2C4=O)[NH+]=C2C(C)=CC=CC2O3)CC1. The predicted molar refractivity (Wildman–Crippen MR) is 167 cm³/mol. The van der Waals surface area contributed by atoms with E-state index in [2.05, 4.69) is 32.2 Å². The first kappa shape index (κ1) is 27.2. The van der Waals surface area contributed by atoms with Gasteiger partial charge < -0.3 is 19.7 Å². The fourth-order valence-corrected chi connectivity index (χ4v) is 6.51. The summed E-state index contributed by atoms with van der Waals surface area (Å²) in [6.45, 7) is 7.43. The summed E-state index contributed by atoms with van der Waals surface area (Å²) in [5, 5.41) is 3.50. The highest BCUT2D eigenvalue weighted by Crippen LogP contribution is 2.41. The van der Waals surface area contributed by atoms with Crippen LogP contribution in [0, 0.1) is 0 Å². The Morgan fingerprint density at radius 2 is 1.70 bits per heavy atom. The molecule has 218 valence electrons. The van der Waals surface area contributed by atoms with Gasteiger partial charge in [-0.3, -0.25) is 14.5 Å². The van der Waals surface area contributed by atoms with E-state index in [0.29, 0.717) is 45.9 Å². The molecule has 3 aromatic carbocycles. The van der Waals surface area contributed by atoms with Crippen molar-refractivity contribution in [3.05, 3.63) is 101 Å². The minimum absolute atomic E-state index is 0.146. The molecule has 0 amide bonds. The van der Waals surface area contributed by atoms with Gasteiger partial charge >= 0.3 is 0 Å². The van der Waals surface area contributed by atoms with Crippen molar-refractivity contribution >= 4 is 34.3 Å². The van der Waals surface area contributed by atoms with Gasteiger partial charge in [0.05, 0.1) is 24.0 Å². The predicted octanol–water partition coefficient (Wildman–Crippen LogP) is 3.53. The number of methoxy groups -OCH3 is 1. The molecule has 0 bridgehead atoms. The van der Waals surface area contributed by atoms with Crippen LogP contribution in [0.3, 0.4) is 0 Å². The molecule has 0 saturated carbocycles. The molecule has 4 aliphatic rings. The van der Waals surface area contributed by atoms with Crippen LogP contribution in [-0.4, -0.2) is 74.7 Å². The number of carbonyl (C=O) groups excluding carboxylic acids is 2. The van der Waals surface area contributed by atoms with Gasteiger partial charge in [-0.15, -0.1) is 0 Å². The molecule has 8 heteroatoms. The topological polar surface area (TPSA) is 85.1 Å². The molecule has 2 N–H and O–H groups in total. The minimum Gasteiger partial charge on any atom is -0.495 e. The monoisotopic (exact) mass is 575 g/mol. The number of carbonyl (C=O) groups is 2. The fourth-order valence-electron chi connectivity index (χ4n) is 6.51. The van der Waals surface area contributed by atoms with Gasteiger partial charge in [0.2, 0.25) is 17.6 Å². The number of nitrogens with zero attached hydrogens (tertiary/aromatic N) is 2. The molecular weight excluding hydrogens is 540 g/mol. The maximum Gasteiger partial charge on any atom is 0.258 e. The zero-order valence-electron chi connectivity index (χ0n) is 24.5. The molecule has 43 heavy (non-hydrogen) atoms. The molecule has 1 saturated heterocycles. The molecular formula is C35H35N4O4+. The largest absolute Gasteiger partial charge is 0.495 e. The zero-order chi connectivity index (χ0) is 29.5. The summed E-state index contributed by atoms with van der Waals surface area (Å²) < 4.78 is 12.0. The van der Waals surface area contributed by atoms with Gasteiger partial charge in [-0.1, -0.05) is 48.6 Å². The van der Waals surface area contributed by atoms with Crippen LogP contribution in [-0.2, 0) is 0 Å². The Balaban J connectivity index is 1.09. The molecule has 3 aromatic rings. The highest BCUT2D eigenvalue weighted by molar-refractivity contribution is 6.32. The van der Waals surface area contributed by atoms with E-state index in [4.69, 9.17) is 9.47 Å². The number of nitrogens with one attached hydrogen (secondary N) is 2. The number of anilines is 2. The molecule has 1 fully saturated rings. The fraction of sp³-hybridized carbons (Fsp3) is 0.286. The van der Waals surface area contributed by atoms with Gasteiger partial charge in [-0.05, 0) is 38.1 Å². The molecule has 8 nitrogen and oxygen atoms in total. The molecule has 0 radical (unpaired) electrons. The summed E-state index contributed by atoms with van der Waals surface area (Å²) in [5.41, 5.74) is 5.93. The number of hydrogen-bond acceptors (Lipinski definition) is 7. The summed E-state index contributed by atoms with van der Waals surface area (Å²) in [4.78, 5) is 36.1. The number of ketones is 2. The number of fused-ring (bicyclic) bond motifs is 5. The number of allylic oxidation sites excluding steroid dienone is 2. The normalized spacial score (nSPS) is 18.9. The summed E-state index contributed by atoms with van der Waals surface area (Å²) in [6, 6.07) is 17.1. The first-order chi connectivity index (χ1) is 21.0. The van der Waals surface area contributed by atoms with Gasteiger partial charge in [-0.25, -0.2) is 4.99 Å². The highest BCUT2D eigenvalue weighted by atomic mass is 16.5. The Hall–Kier alpha value is -4.69. The lowest BCUT2D eigenvalue weighted by Crippen LogP contribution is -2.73. The van der Waals surface area contributed by atoms with E-state index in [-0.39, 0.29) is 17.7 Å². The maximum atomic E-state index is 13.9. The van der Waals surface area contributed by atoms with Gasteiger partial charge in [-0.2, -0.15) is 0 Å². The van der Waals surface area contributed by atoms with Crippen LogP contribution in [0.15, 0.2) is 78.4 Å². The van der Waals surface area contributed by atoms with Crippen LogP contribution in [0.2, 0.25) is 0 Å². The molecule has 0 spiro atoms. The summed E-state index contributed by atoms with van der Waals surface area (Å²) in [5.74, 6) is 1.17.